The van der Waals surface area contributed by atoms with Crippen molar-refractivity contribution < 1.29 is 4.39 Å². The van der Waals surface area contributed by atoms with Crippen LogP contribution in [0, 0.1) is 5.82 Å². The van der Waals surface area contributed by atoms with E-state index < -0.39 is 0 Å². The molecule has 1 aliphatic carbocycles. The molecule has 98 valence electrons. The van der Waals surface area contributed by atoms with Crippen LogP contribution in [-0.2, 0) is 0 Å². The maximum Gasteiger partial charge on any atom is 0.189 e. The van der Waals surface area contributed by atoms with Crippen LogP contribution in [0.1, 0.15) is 38.7 Å². The molecular formula is C14H20FN3. The standard InChI is InChI=1S/C14H20FN3/c1-14(2,3)18-13(16)17-12-8-11(12)9-4-6-10(15)7-5-9/h4-7,11-12H,8H2,1-3H3,(H3,16,17,18)/t11-,12+/m0/s1. The van der Waals surface area contributed by atoms with Gasteiger partial charge in [0, 0.05) is 11.5 Å². The lowest BCUT2D eigenvalue weighted by molar-refractivity contribution is 0.508. The van der Waals surface area contributed by atoms with Crippen LogP contribution < -0.4 is 11.1 Å². The minimum absolute atomic E-state index is 0.0756. The molecule has 0 heterocycles. The SMILES string of the molecule is CC(C)(C)NC(N)=N[C@@H]1C[C@H]1c1ccc(F)cc1. The van der Waals surface area contributed by atoms with Crippen molar-refractivity contribution in [2.75, 3.05) is 0 Å². The lowest BCUT2D eigenvalue weighted by Crippen LogP contribution is -2.45. The summed E-state index contributed by atoms with van der Waals surface area (Å²) in [5.41, 5.74) is 6.90. The molecule has 0 spiro atoms. The Morgan fingerprint density at radius 1 is 1.33 bits per heavy atom. The lowest BCUT2D eigenvalue weighted by atomic mass is 10.1. The summed E-state index contributed by atoms with van der Waals surface area (Å²) >= 11 is 0. The molecule has 4 heteroatoms. The van der Waals surface area contributed by atoms with Crippen LogP contribution in [0.3, 0.4) is 0 Å². The van der Waals surface area contributed by atoms with E-state index in [9.17, 15) is 4.39 Å². The minimum Gasteiger partial charge on any atom is -0.370 e. The molecule has 1 aromatic rings. The Morgan fingerprint density at radius 2 is 1.94 bits per heavy atom. The van der Waals surface area contributed by atoms with E-state index in [4.69, 9.17) is 5.73 Å². The molecule has 0 aliphatic heterocycles. The van der Waals surface area contributed by atoms with Gasteiger partial charge in [-0.1, -0.05) is 12.1 Å². The van der Waals surface area contributed by atoms with E-state index in [1.165, 1.54) is 12.1 Å². The number of nitrogens with one attached hydrogen (secondary N) is 1. The van der Waals surface area contributed by atoms with Crippen molar-refractivity contribution in [2.45, 2.75) is 44.7 Å². The third-order valence-corrected chi connectivity index (χ3v) is 2.86. The Balaban J connectivity index is 1.95. The Bertz CT molecular complexity index is 445. The van der Waals surface area contributed by atoms with Crippen LogP contribution in [-0.4, -0.2) is 17.5 Å². The predicted octanol–water partition coefficient (Wildman–Crippen LogP) is 2.38. The summed E-state index contributed by atoms with van der Waals surface area (Å²) in [6.45, 7) is 6.12. The minimum atomic E-state index is -0.201. The predicted molar refractivity (Wildman–Crippen MR) is 72.1 cm³/mol. The molecule has 0 bridgehead atoms. The van der Waals surface area contributed by atoms with Crippen molar-refractivity contribution in [3.05, 3.63) is 35.6 Å². The van der Waals surface area contributed by atoms with E-state index in [2.05, 4.69) is 10.3 Å². The average Bonchev–Trinajstić information content (AvgIpc) is 2.95. The first-order valence-electron chi connectivity index (χ1n) is 6.22. The van der Waals surface area contributed by atoms with Gasteiger partial charge in [0.25, 0.3) is 0 Å². The van der Waals surface area contributed by atoms with Gasteiger partial charge in [0.2, 0.25) is 0 Å². The second kappa shape index (κ2) is 4.59. The average molecular weight is 249 g/mol. The quantitative estimate of drug-likeness (QED) is 0.624. The summed E-state index contributed by atoms with van der Waals surface area (Å²) in [6, 6.07) is 6.85. The van der Waals surface area contributed by atoms with Crippen LogP contribution >= 0.6 is 0 Å². The molecule has 0 amide bonds. The molecule has 3 N–H and O–H groups in total. The molecule has 1 aliphatic rings. The third kappa shape index (κ3) is 3.45. The molecule has 2 rings (SSSR count). The summed E-state index contributed by atoms with van der Waals surface area (Å²) < 4.78 is 12.8. The van der Waals surface area contributed by atoms with E-state index in [-0.39, 0.29) is 17.4 Å². The van der Waals surface area contributed by atoms with Crippen LogP contribution in [0.5, 0.6) is 0 Å². The van der Waals surface area contributed by atoms with Gasteiger partial charge >= 0.3 is 0 Å². The largest absolute Gasteiger partial charge is 0.370 e. The monoisotopic (exact) mass is 249 g/mol. The highest BCUT2D eigenvalue weighted by Gasteiger charge is 2.38. The molecule has 2 atom stereocenters. The lowest BCUT2D eigenvalue weighted by Gasteiger charge is -2.21. The third-order valence-electron chi connectivity index (χ3n) is 2.86. The summed E-state index contributed by atoms with van der Waals surface area (Å²) in [7, 11) is 0. The maximum absolute atomic E-state index is 12.8. The summed E-state index contributed by atoms with van der Waals surface area (Å²) in [6.07, 6.45) is 0.984. The smallest absolute Gasteiger partial charge is 0.189 e. The van der Waals surface area contributed by atoms with Crippen molar-refractivity contribution in [3.63, 3.8) is 0 Å². The molecule has 1 fully saturated rings. The number of aliphatic imine (C=N–C) groups is 1. The Labute approximate surface area is 107 Å². The molecule has 0 unspecified atom stereocenters. The van der Waals surface area contributed by atoms with Gasteiger partial charge in [0.15, 0.2) is 5.96 Å². The van der Waals surface area contributed by atoms with E-state index in [0.29, 0.717) is 11.9 Å². The van der Waals surface area contributed by atoms with Crippen molar-refractivity contribution in [1.82, 2.24) is 5.32 Å². The van der Waals surface area contributed by atoms with Gasteiger partial charge in [-0.25, -0.2) is 9.38 Å². The topological polar surface area (TPSA) is 50.4 Å². The zero-order valence-corrected chi connectivity index (χ0v) is 11.1. The van der Waals surface area contributed by atoms with E-state index in [1.807, 2.05) is 32.9 Å². The van der Waals surface area contributed by atoms with Crippen LogP contribution in [0.25, 0.3) is 0 Å². The van der Waals surface area contributed by atoms with E-state index >= 15 is 0 Å². The first-order chi connectivity index (χ1) is 8.35. The van der Waals surface area contributed by atoms with Gasteiger partial charge in [-0.2, -0.15) is 0 Å². The number of rotatable bonds is 2. The number of guanidine groups is 1. The van der Waals surface area contributed by atoms with Crippen LogP contribution in [0.2, 0.25) is 0 Å². The number of benzene rings is 1. The number of nitrogens with two attached hydrogens (primary N) is 1. The second-order valence-corrected chi connectivity index (χ2v) is 5.85. The number of hydrogen-bond donors (Lipinski definition) is 2. The van der Waals surface area contributed by atoms with E-state index in [1.54, 1.807) is 0 Å². The molecule has 0 radical (unpaired) electrons. The molecule has 3 nitrogen and oxygen atoms in total. The molecular weight excluding hydrogens is 229 g/mol. The highest BCUT2D eigenvalue weighted by atomic mass is 19.1. The maximum atomic E-state index is 12.8. The van der Waals surface area contributed by atoms with Crippen molar-refractivity contribution >= 4 is 5.96 Å². The Kier molecular flexibility index (Phi) is 3.28. The van der Waals surface area contributed by atoms with Gasteiger partial charge in [0.1, 0.15) is 5.82 Å². The van der Waals surface area contributed by atoms with Crippen molar-refractivity contribution in [3.8, 4) is 0 Å². The first kappa shape index (κ1) is 12.9. The van der Waals surface area contributed by atoms with Gasteiger partial charge in [-0.15, -0.1) is 0 Å². The molecule has 0 aromatic heterocycles. The molecule has 0 saturated heterocycles. The number of hydrogen-bond acceptors (Lipinski definition) is 1. The Morgan fingerprint density at radius 3 is 2.50 bits per heavy atom. The Hall–Kier alpha value is -1.58. The number of nitrogens with zero attached hydrogens (tertiary/aromatic N) is 1. The summed E-state index contributed by atoms with van der Waals surface area (Å²) in [5.74, 6) is 0.663. The normalized spacial score (nSPS) is 23.9. The summed E-state index contributed by atoms with van der Waals surface area (Å²) in [5, 5.41) is 3.14. The molecule has 1 saturated carbocycles. The second-order valence-electron chi connectivity index (χ2n) is 5.85. The van der Waals surface area contributed by atoms with E-state index in [0.717, 1.165) is 12.0 Å². The van der Waals surface area contributed by atoms with Crippen molar-refractivity contribution in [1.29, 1.82) is 0 Å². The van der Waals surface area contributed by atoms with Crippen LogP contribution in [0.4, 0.5) is 4.39 Å². The number of halogens is 1. The summed E-state index contributed by atoms with van der Waals surface area (Å²) in [4.78, 5) is 4.44. The molecule has 18 heavy (non-hydrogen) atoms. The van der Waals surface area contributed by atoms with Crippen LogP contribution in [0.15, 0.2) is 29.3 Å². The fourth-order valence-corrected chi connectivity index (χ4v) is 1.99. The zero-order valence-electron chi connectivity index (χ0n) is 11.1. The fraction of sp³-hybridized carbons (Fsp3) is 0.500. The highest BCUT2D eigenvalue weighted by molar-refractivity contribution is 5.79. The first-order valence-corrected chi connectivity index (χ1v) is 6.22. The van der Waals surface area contributed by atoms with Crippen molar-refractivity contribution in [2.24, 2.45) is 10.7 Å². The fourth-order valence-electron chi connectivity index (χ4n) is 1.99. The van der Waals surface area contributed by atoms with Gasteiger partial charge in [0.05, 0.1) is 6.04 Å². The van der Waals surface area contributed by atoms with Gasteiger partial charge in [-0.3, -0.25) is 0 Å². The van der Waals surface area contributed by atoms with Gasteiger partial charge < -0.3 is 11.1 Å². The van der Waals surface area contributed by atoms with Gasteiger partial charge in [-0.05, 0) is 44.9 Å². The highest BCUT2D eigenvalue weighted by Crippen LogP contribution is 2.43. The zero-order chi connectivity index (χ0) is 13.3. The molecule has 1 aromatic carbocycles.